The molecule has 0 bridgehead atoms. The van der Waals surface area contributed by atoms with E-state index in [9.17, 15) is 9.50 Å². The second-order valence-electron chi connectivity index (χ2n) is 3.89. The van der Waals surface area contributed by atoms with Gasteiger partial charge in [-0.05, 0) is 24.5 Å². The summed E-state index contributed by atoms with van der Waals surface area (Å²) in [6.07, 6.45) is 2.68. The highest BCUT2D eigenvalue weighted by Gasteiger charge is 2.13. The summed E-state index contributed by atoms with van der Waals surface area (Å²) < 4.78 is 18.4. The van der Waals surface area contributed by atoms with Crippen molar-refractivity contribution in [1.82, 2.24) is 0 Å². The fourth-order valence-electron chi connectivity index (χ4n) is 1.79. The number of hydrogen-bond acceptors (Lipinski definition) is 2. The molecule has 1 rings (SSSR count). The zero-order valence-electron chi connectivity index (χ0n) is 9.66. The summed E-state index contributed by atoms with van der Waals surface area (Å²) in [5, 5.41) is 9.26. The van der Waals surface area contributed by atoms with Crippen LogP contribution >= 0.6 is 0 Å². The van der Waals surface area contributed by atoms with Crippen molar-refractivity contribution in [2.24, 2.45) is 0 Å². The fraction of sp³-hybridized carbons (Fsp3) is 0.538. The van der Waals surface area contributed by atoms with Gasteiger partial charge in [0.2, 0.25) is 0 Å². The molecule has 1 aromatic carbocycles. The van der Waals surface area contributed by atoms with Gasteiger partial charge in [-0.3, -0.25) is 0 Å². The molecule has 0 spiro atoms. The van der Waals surface area contributed by atoms with E-state index < -0.39 is 0 Å². The standard InChI is InChI=1S/C13H19FO2/c1-16-9-5-4-6-11(10-15)12-7-2-3-8-13(12)14/h2-3,7-8,11,15H,4-6,9-10H2,1H3. The quantitative estimate of drug-likeness (QED) is 0.724. The van der Waals surface area contributed by atoms with Gasteiger partial charge in [-0.2, -0.15) is 0 Å². The van der Waals surface area contributed by atoms with Crippen molar-refractivity contribution in [3.63, 3.8) is 0 Å². The monoisotopic (exact) mass is 226 g/mol. The van der Waals surface area contributed by atoms with E-state index in [-0.39, 0.29) is 18.3 Å². The molecule has 1 N–H and O–H groups in total. The third-order valence-electron chi connectivity index (χ3n) is 2.72. The van der Waals surface area contributed by atoms with Crippen molar-refractivity contribution in [1.29, 1.82) is 0 Å². The van der Waals surface area contributed by atoms with Gasteiger partial charge in [0.05, 0.1) is 6.61 Å². The summed E-state index contributed by atoms with van der Waals surface area (Å²) in [6.45, 7) is 0.712. The van der Waals surface area contributed by atoms with Gasteiger partial charge in [0.1, 0.15) is 5.82 Å². The highest BCUT2D eigenvalue weighted by Crippen LogP contribution is 2.23. The molecule has 0 fully saturated rings. The molecule has 0 radical (unpaired) electrons. The number of aliphatic hydroxyl groups excluding tert-OH is 1. The van der Waals surface area contributed by atoms with Gasteiger partial charge in [-0.15, -0.1) is 0 Å². The predicted octanol–water partition coefficient (Wildman–Crippen LogP) is 2.72. The Bertz CT molecular complexity index is 302. The zero-order chi connectivity index (χ0) is 11.8. The SMILES string of the molecule is COCCCCC(CO)c1ccccc1F. The summed E-state index contributed by atoms with van der Waals surface area (Å²) >= 11 is 0. The lowest BCUT2D eigenvalue weighted by Crippen LogP contribution is -2.07. The minimum atomic E-state index is -0.228. The average Bonchev–Trinajstić information content (AvgIpc) is 2.31. The molecule has 16 heavy (non-hydrogen) atoms. The zero-order valence-corrected chi connectivity index (χ0v) is 9.66. The lowest BCUT2D eigenvalue weighted by Gasteiger charge is -2.15. The number of benzene rings is 1. The van der Waals surface area contributed by atoms with Gasteiger partial charge in [-0.1, -0.05) is 24.6 Å². The molecule has 2 nitrogen and oxygen atoms in total. The number of methoxy groups -OCH3 is 1. The molecule has 3 heteroatoms. The van der Waals surface area contributed by atoms with E-state index in [2.05, 4.69) is 0 Å². The number of aliphatic hydroxyl groups is 1. The Kier molecular flexibility index (Phi) is 6.04. The summed E-state index contributed by atoms with van der Waals surface area (Å²) in [6, 6.07) is 6.65. The molecule has 0 aliphatic carbocycles. The van der Waals surface area contributed by atoms with Crippen molar-refractivity contribution in [2.45, 2.75) is 25.2 Å². The van der Waals surface area contributed by atoms with Crippen molar-refractivity contribution in [3.05, 3.63) is 35.6 Å². The van der Waals surface area contributed by atoms with Crippen molar-refractivity contribution >= 4 is 0 Å². The van der Waals surface area contributed by atoms with Crippen molar-refractivity contribution in [2.75, 3.05) is 20.3 Å². The van der Waals surface area contributed by atoms with Crippen LogP contribution in [0.5, 0.6) is 0 Å². The third kappa shape index (κ3) is 3.91. The highest BCUT2D eigenvalue weighted by molar-refractivity contribution is 5.21. The molecule has 0 aromatic heterocycles. The van der Waals surface area contributed by atoms with Crippen LogP contribution in [0.15, 0.2) is 24.3 Å². The van der Waals surface area contributed by atoms with Gasteiger partial charge >= 0.3 is 0 Å². The molecule has 90 valence electrons. The Labute approximate surface area is 96.1 Å². The maximum absolute atomic E-state index is 13.5. The van der Waals surface area contributed by atoms with E-state index in [0.717, 1.165) is 25.9 Å². The Balaban J connectivity index is 2.51. The summed E-state index contributed by atoms with van der Waals surface area (Å²) in [5.41, 5.74) is 0.613. The first-order valence-electron chi connectivity index (χ1n) is 5.63. The van der Waals surface area contributed by atoms with Gasteiger partial charge in [0.25, 0.3) is 0 Å². The second-order valence-corrected chi connectivity index (χ2v) is 3.89. The normalized spacial score (nSPS) is 12.7. The smallest absolute Gasteiger partial charge is 0.126 e. The fourth-order valence-corrected chi connectivity index (χ4v) is 1.79. The van der Waals surface area contributed by atoms with Gasteiger partial charge in [0.15, 0.2) is 0 Å². The van der Waals surface area contributed by atoms with Gasteiger partial charge < -0.3 is 9.84 Å². The molecule has 0 saturated heterocycles. The van der Waals surface area contributed by atoms with Crippen LogP contribution in [-0.4, -0.2) is 25.4 Å². The number of rotatable bonds is 7. The lowest BCUT2D eigenvalue weighted by molar-refractivity contribution is 0.188. The van der Waals surface area contributed by atoms with Crippen LogP contribution < -0.4 is 0 Å². The van der Waals surface area contributed by atoms with Crippen molar-refractivity contribution < 1.29 is 14.2 Å². The molecule has 1 atom stereocenters. The first-order valence-corrected chi connectivity index (χ1v) is 5.63. The Morgan fingerprint density at radius 3 is 2.69 bits per heavy atom. The van der Waals surface area contributed by atoms with Crippen LogP contribution in [0.2, 0.25) is 0 Å². The Morgan fingerprint density at radius 2 is 2.06 bits per heavy atom. The van der Waals surface area contributed by atoms with E-state index in [0.29, 0.717) is 5.56 Å². The van der Waals surface area contributed by atoms with Crippen LogP contribution in [0.25, 0.3) is 0 Å². The number of ether oxygens (including phenoxy) is 1. The number of hydrogen-bond donors (Lipinski definition) is 1. The summed E-state index contributed by atoms with van der Waals surface area (Å²) in [7, 11) is 1.67. The lowest BCUT2D eigenvalue weighted by atomic mass is 9.94. The topological polar surface area (TPSA) is 29.5 Å². The average molecular weight is 226 g/mol. The van der Waals surface area contributed by atoms with Gasteiger partial charge in [-0.25, -0.2) is 4.39 Å². The molecular formula is C13H19FO2. The maximum atomic E-state index is 13.5. The van der Waals surface area contributed by atoms with Crippen LogP contribution in [-0.2, 0) is 4.74 Å². The molecule has 0 aliphatic heterocycles. The highest BCUT2D eigenvalue weighted by atomic mass is 19.1. The van der Waals surface area contributed by atoms with Crippen LogP contribution in [0.4, 0.5) is 4.39 Å². The van der Waals surface area contributed by atoms with E-state index in [4.69, 9.17) is 4.74 Å². The van der Waals surface area contributed by atoms with Crippen LogP contribution in [0, 0.1) is 5.82 Å². The minimum Gasteiger partial charge on any atom is -0.396 e. The summed E-state index contributed by atoms with van der Waals surface area (Å²) in [5.74, 6) is -0.327. The number of halogens is 1. The third-order valence-corrected chi connectivity index (χ3v) is 2.72. The Morgan fingerprint density at radius 1 is 1.31 bits per heavy atom. The van der Waals surface area contributed by atoms with Crippen LogP contribution in [0.1, 0.15) is 30.7 Å². The van der Waals surface area contributed by atoms with Crippen molar-refractivity contribution in [3.8, 4) is 0 Å². The minimum absolute atomic E-state index is 0.00604. The molecule has 0 heterocycles. The first kappa shape index (κ1) is 13.1. The first-order chi connectivity index (χ1) is 7.79. The van der Waals surface area contributed by atoms with E-state index in [1.165, 1.54) is 6.07 Å². The molecule has 0 amide bonds. The largest absolute Gasteiger partial charge is 0.396 e. The molecular weight excluding hydrogens is 207 g/mol. The molecule has 1 unspecified atom stereocenters. The van der Waals surface area contributed by atoms with Gasteiger partial charge in [0, 0.05) is 19.6 Å². The van der Waals surface area contributed by atoms with E-state index in [1.54, 1.807) is 25.3 Å². The molecule has 0 aliphatic rings. The maximum Gasteiger partial charge on any atom is 0.126 e. The van der Waals surface area contributed by atoms with E-state index in [1.807, 2.05) is 0 Å². The van der Waals surface area contributed by atoms with E-state index >= 15 is 0 Å². The second kappa shape index (κ2) is 7.36. The van der Waals surface area contributed by atoms with Crippen LogP contribution in [0.3, 0.4) is 0 Å². The predicted molar refractivity (Wildman–Crippen MR) is 62.0 cm³/mol. The summed E-state index contributed by atoms with van der Waals surface area (Å²) in [4.78, 5) is 0. The molecule has 0 saturated carbocycles. The Hall–Kier alpha value is -0.930. The molecule has 1 aromatic rings. The number of unbranched alkanes of at least 4 members (excludes halogenated alkanes) is 1.